The van der Waals surface area contributed by atoms with Crippen molar-refractivity contribution in [3.05, 3.63) is 18.3 Å². The number of fused-ring (bicyclic) bond motifs is 1. The summed E-state index contributed by atoms with van der Waals surface area (Å²) in [6, 6.07) is 2.48. The Labute approximate surface area is 86.0 Å². The van der Waals surface area contributed by atoms with Crippen molar-refractivity contribution < 1.29 is 13.5 Å². The van der Waals surface area contributed by atoms with E-state index in [2.05, 4.69) is 5.10 Å². The predicted molar refractivity (Wildman–Crippen MR) is 53.8 cm³/mol. The quantitative estimate of drug-likeness (QED) is 0.712. The number of aromatic nitrogens is 2. The lowest BCUT2D eigenvalue weighted by atomic mass is 10.2. The van der Waals surface area contributed by atoms with E-state index in [1.807, 2.05) is 0 Å². The highest BCUT2D eigenvalue weighted by Gasteiger charge is 2.13. The molecule has 0 saturated heterocycles. The Morgan fingerprint density at radius 2 is 2.13 bits per heavy atom. The Bertz CT molecular complexity index is 630. The second-order valence-corrected chi connectivity index (χ2v) is 4.75. The lowest BCUT2D eigenvalue weighted by Crippen LogP contribution is -2.12. The van der Waals surface area contributed by atoms with Crippen molar-refractivity contribution in [1.29, 1.82) is 0 Å². The van der Waals surface area contributed by atoms with Crippen LogP contribution in [0.1, 0.15) is 0 Å². The molecule has 0 atom stereocenters. The van der Waals surface area contributed by atoms with E-state index in [1.54, 1.807) is 7.05 Å². The Kier molecular flexibility index (Phi) is 1.95. The second kappa shape index (κ2) is 2.94. The van der Waals surface area contributed by atoms with Crippen LogP contribution in [-0.4, -0.2) is 23.3 Å². The van der Waals surface area contributed by atoms with Gasteiger partial charge in [-0.15, -0.1) is 0 Å². The summed E-state index contributed by atoms with van der Waals surface area (Å²) in [6.07, 6.45) is 1.46. The molecule has 6 nitrogen and oxygen atoms in total. The summed E-state index contributed by atoms with van der Waals surface area (Å²) in [7, 11) is -2.17. The highest BCUT2D eigenvalue weighted by atomic mass is 32.2. The number of aryl methyl sites for hydroxylation is 1. The lowest BCUT2D eigenvalue weighted by Gasteiger charge is -2.01. The summed E-state index contributed by atoms with van der Waals surface area (Å²) in [5.41, 5.74) is 0.513. The first-order chi connectivity index (χ1) is 6.89. The highest BCUT2D eigenvalue weighted by Crippen LogP contribution is 2.27. The molecule has 15 heavy (non-hydrogen) atoms. The zero-order valence-electron chi connectivity index (χ0n) is 7.88. The fourth-order valence-electron chi connectivity index (χ4n) is 1.37. The zero-order chi connectivity index (χ0) is 11.2. The van der Waals surface area contributed by atoms with Crippen LogP contribution < -0.4 is 5.14 Å². The standard InChI is InChI=1S/C8H9N3O3S/c1-11-7-2-5(15(9,13)14)3-8(12)6(7)4-10-11/h2-4,12H,1H3,(H2,9,13,14). The maximum Gasteiger partial charge on any atom is 0.238 e. The van der Waals surface area contributed by atoms with Crippen molar-refractivity contribution in [3.63, 3.8) is 0 Å². The number of nitrogens with two attached hydrogens (primary N) is 1. The molecule has 1 aromatic heterocycles. The number of hydrogen-bond acceptors (Lipinski definition) is 4. The summed E-state index contributed by atoms with van der Waals surface area (Å²) in [4.78, 5) is -0.129. The van der Waals surface area contributed by atoms with E-state index in [-0.39, 0.29) is 10.6 Å². The van der Waals surface area contributed by atoms with E-state index >= 15 is 0 Å². The molecule has 0 amide bonds. The van der Waals surface area contributed by atoms with Gasteiger partial charge in [-0.3, -0.25) is 4.68 Å². The predicted octanol–water partition coefficient (Wildman–Crippen LogP) is -0.0737. The first-order valence-corrected chi connectivity index (χ1v) is 5.62. The molecule has 0 aliphatic heterocycles. The van der Waals surface area contributed by atoms with Gasteiger partial charge in [-0.25, -0.2) is 13.6 Å². The number of phenols is 1. The van der Waals surface area contributed by atoms with Gasteiger partial charge in [0, 0.05) is 13.1 Å². The molecule has 80 valence electrons. The Balaban J connectivity index is 2.88. The molecule has 1 aromatic carbocycles. The summed E-state index contributed by atoms with van der Waals surface area (Å²) < 4.78 is 23.7. The number of sulfonamides is 1. The second-order valence-electron chi connectivity index (χ2n) is 3.19. The largest absolute Gasteiger partial charge is 0.507 e. The van der Waals surface area contributed by atoms with Crippen LogP contribution in [-0.2, 0) is 17.1 Å². The first-order valence-electron chi connectivity index (χ1n) is 4.07. The lowest BCUT2D eigenvalue weighted by molar-refractivity contribution is 0.479. The monoisotopic (exact) mass is 227 g/mol. The maximum absolute atomic E-state index is 11.1. The molecule has 2 aromatic rings. The zero-order valence-corrected chi connectivity index (χ0v) is 8.69. The molecule has 3 N–H and O–H groups in total. The minimum absolute atomic E-state index is 0.129. The SMILES string of the molecule is Cn1ncc2c(O)cc(S(N)(=O)=O)cc21. The van der Waals surface area contributed by atoms with E-state index in [4.69, 9.17) is 5.14 Å². The number of aromatic hydroxyl groups is 1. The summed E-state index contributed by atoms with van der Waals surface area (Å²) in [6.45, 7) is 0. The number of nitrogens with zero attached hydrogens (tertiary/aromatic N) is 2. The van der Waals surface area contributed by atoms with Crippen molar-refractivity contribution in [3.8, 4) is 5.75 Å². The highest BCUT2D eigenvalue weighted by molar-refractivity contribution is 7.89. The molecule has 0 saturated carbocycles. The van der Waals surface area contributed by atoms with E-state index in [9.17, 15) is 13.5 Å². The van der Waals surface area contributed by atoms with Gasteiger partial charge in [0.25, 0.3) is 0 Å². The Morgan fingerprint density at radius 1 is 1.47 bits per heavy atom. The third-order valence-corrected chi connectivity index (χ3v) is 3.04. The molecule has 0 bridgehead atoms. The van der Waals surface area contributed by atoms with Gasteiger partial charge < -0.3 is 5.11 Å². The van der Waals surface area contributed by atoms with Gasteiger partial charge >= 0.3 is 0 Å². The minimum Gasteiger partial charge on any atom is -0.507 e. The van der Waals surface area contributed by atoms with Crippen LogP contribution in [0.3, 0.4) is 0 Å². The van der Waals surface area contributed by atoms with Gasteiger partial charge in [0.2, 0.25) is 10.0 Å². The van der Waals surface area contributed by atoms with Crippen molar-refractivity contribution in [2.45, 2.75) is 4.90 Å². The van der Waals surface area contributed by atoms with Gasteiger partial charge in [0.05, 0.1) is 22.0 Å². The van der Waals surface area contributed by atoms with E-state index in [0.717, 1.165) is 6.07 Å². The maximum atomic E-state index is 11.1. The molecule has 1 heterocycles. The smallest absolute Gasteiger partial charge is 0.238 e. The van der Waals surface area contributed by atoms with Crippen LogP contribution in [0.5, 0.6) is 5.75 Å². The minimum atomic E-state index is -3.81. The summed E-state index contributed by atoms with van der Waals surface area (Å²) in [5, 5.41) is 18.9. The van der Waals surface area contributed by atoms with Gasteiger partial charge in [-0.2, -0.15) is 5.10 Å². The fraction of sp³-hybridized carbons (Fsp3) is 0.125. The van der Waals surface area contributed by atoms with Crippen molar-refractivity contribution in [2.75, 3.05) is 0 Å². The molecular weight excluding hydrogens is 218 g/mol. The summed E-state index contributed by atoms with van der Waals surface area (Å²) >= 11 is 0. The topological polar surface area (TPSA) is 98.2 Å². The molecule has 0 aliphatic carbocycles. The van der Waals surface area contributed by atoms with Crippen LogP contribution in [0.2, 0.25) is 0 Å². The van der Waals surface area contributed by atoms with E-state index in [1.165, 1.54) is 16.9 Å². The Hall–Kier alpha value is -1.60. The van der Waals surface area contributed by atoms with E-state index < -0.39 is 10.0 Å². The molecule has 7 heteroatoms. The molecule has 0 unspecified atom stereocenters. The molecule has 0 fully saturated rings. The molecule has 0 spiro atoms. The third kappa shape index (κ3) is 1.55. The molecular formula is C8H9N3O3S. The van der Waals surface area contributed by atoms with Crippen LogP contribution in [0.4, 0.5) is 0 Å². The number of primary sulfonamides is 1. The average molecular weight is 227 g/mol. The fourth-order valence-corrected chi connectivity index (χ4v) is 1.92. The van der Waals surface area contributed by atoms with Crippen LogP contribution in [0.15, 0.2) is 23.2 Å². The molecule has 0 radical (unpaired) electrons. The average Bonchev–Trinajstić information content (AvgIpc) is 2.47. The van der Waals surface area contributed by atoms with Crippen molar-refractivity contribution >= 4 is 20.9 Å². The number of hydrogen-bond donors (Lipinski definition) is 2. The van der Waals surface area contributed by atoms with Gasteiger partial charge in [-0.05, 0) is 6.07 Å². The van der Waals surface area contributed by atoms with Crippen LogP contribution in [0.25, 0.3) is 10.9 Å². The van der Waals surface area contributed by atoms with Gasteiger partial charge in [0.15, 0.2) is 0 Å². The first kappa shape index (κ1) is 9.94. The summed E-state index contributed by atoms with van der Waals surface area (Å²) in [5.74, 6) is -0.148. The Morgan fingerprint density at radius 3 is 2.73 bits per heavy atom. The van der Waals surface area contributed by atoms with Crippen molar-refractivity contribution in [2.24, 2.45) is 12.2 Å². The van der Waals surface area contributed by atoms with Gasteiger partial charge in [0.1, 0.15) is 5.75 Å². The number of benzene rings is 1. The normalized spacial score (nSPS) is 12.1. The molecule has 2 rings (SSSR count). The number of phenolic OH excluding ortho intramolecular Hbond substituents is 1. The number of rotatable bonds is 1. The third-order valence-electron chi connectivity index (χ3n) is 2.15. The van der Waals surface area contributed by atoms with E-state index in [0.29, 0.717) is 10.9 Å². The van der Waals surface area contributed by atoms with Crippen molar-refractivity contribution in [1.82, 2.24) is 9.78 Å². The van der Waals surface area contributed by atoms with Crippen LogP contribution >= 0.6 is 0 Å². The molecule has 0 aliphatic rings. The van der Waals surface area contributed by atoms with Gasteiger partial charge in [-0.1, -0.05) is 0 Å². The van der Waals surface area contributed by atoms with Crippen LogP contribution in [0, 0.1) is 0 Å².